The lowest BCUT2D eigenvalue weighted by molar-refractivity contribution is -0.0574. The van der Waals surface area contributed by atoms with Crippen molar-refractivity contribution in [3.63, 3.8) is 0 Å². The molecule has 1 aromatic carbocycles. The van der Waals surface area contributed by atoms with E-state index in [-0.39, 0.29) is 10.6 Å². The number of nitrogens with one attached hydrogen (secondary N) is 1. The minimum absolute atomic E-state index is 0.0552. The summed E-state index contributed by atoms with van der Waals surface area (Å²) in [4.78, 5) is 0. The lowest BCUT2D eigenvalue weighted by Gasteiger charge is -2.23. The van der Waals surface area contributed by atoms with Gasteiger partial charge in [0.05, 0.1) is 0 Å². The molecule has 1 heterocycles. The molecule has 0 aliphatic carbocycles. The molecule has 15 heavy (non-hydrogen) atoms. The molecule has 1 unspecified atom stereocenters. The van der Waals surface area contributed by atoms with Crippen molar-refractivity contribution in [2.75, 3.05) is 13.1 Å². The number of halogens is 3. The van der Waals surface area contributed by atoms with Crippen LogP contribution in [0.25, 0.3) is 0 Å². The molecule has 0 amide bonds. The average molecular weight is 232 g/mol. The quantitative estimate of drug-likeness (QED) is 0.825. The van der Waals surface area contributed by atoms with Crippen molar-refractivity contribution in [2.45, 2.75) is 12.3 Å². The molecule has 1 aromatic rings. The number of rotatable bonds is 2. The average Bonchev–Trinajstić information content (AvgIpc) is 2.71. The fourth-order valence-corrected chi connectivity index (χ4v) is 2.18. The van der Waals surface area contributed by atoms with Crippen LogP contribution in [-0.2, 0) is 5.92 Å². The summed E-state index contributed by atoms with van der Waals surface area (Å²) < 4.78 is 28.0. The smallest absolute Gasteiger partial charge is 0.278 e. The number of hydrogen-bond acceptors (Lipinski definition) is 1. The van der Waals surface area contributed by atoms with Gasteiger partial charge in [0.15, 0.2) is 0 Å². The van der Waals surface area contributed by atoms with Crippen molar-refractivity contribution in [1.82, 2.24) is 5.32 Å². The highest BCUT2D eigenvalue weighted by atomic mass is 35.5. The van der Waals surface area contributed by atoms with Crippen LogP contribution in [0.15, 0.2) is 24.3 Å². The topological polar surface area (TPSA) is 12.0 Å². The van der Waals surface area contributed by atoms with Crippen LogP contribution in [0, 0.1) is 5.92 Å². The predicted octanol–water partition coefficient (Wildman–Crippen LogP) is 3.04. The van der Waals surface area contributed by atoms with Gasteiger partial charge in [-0.15, -0.1) is 0 Å². The van der Waals surface area contributed by atoms with Gasteiger partial charge in [0.25, 0.3) is 5.92 Å². The molecule has 1 nitrogen and oxygen atoms in total. The summed E-state index contributed by atoms with van der Waals surface area (Å²) in [6.45, 7) is 1.02. The maximum Gasteiger partial charge on any atom is 0.278 e. The molecule has 0 spiro atoms. The summed E-state index contributed by atoms with van der Waals surface area (Å²) in [6, 6.07) is 6.17. The first-order chi connectivity index (χ1) is 7.12. The van der Waals surface area contributed by atoms with E-state index in [1.807, 2.05) is 0 Å². The molecule has 2 rings (SSSR count). The van der Waals surface area contributed by atoms with Crippen LogP contribution in [0.3, 0.4) is 0 Å². The molecular formula is C11H12ClF2N. The summed E-state index contributed by atoms with van der Waals surface area (Å²) in [5.41, 5.74) is -0.0552. The van der Waals surface area contributed by atoms with Crippen molar-refractivity contribution < 1.29 is 8.78 Å². The monoisotopic (exact) mass is 231 g/mol. The molecule has 4 heteroatoms. The van der Waals surface area contributed by atoms with E-state index in [9.17, 15) is 8.78 Å². The van der Waals surface area contributed by atoms with Crippen LogP contribution in [-0.4, -0.2) is 13.1 Å². The molecule has 82 valence electrons. The molecule has 1 fully saturated rings. The normalized spacial score (nSPS) is 21.9. The highest BCUT2D eigenvalue weighted by Crippen LogP contribution is 2.41. The summed E-state index contributed by atoms with van der Waals surface area (Å²) in [6.07, 6.45) is 0.498. The van der Waals surface area contributed by atoms with E-state index in [1.165, 1.54) is 12.1 Å². The molecule has 0 saturated carbocycles. The molecular weight excluding hydrogens is 220 g/mol. The maximum absolute atomic E-state index is 14.0. The molecule has 1 N–H and O–H groups in total. The molecule has 1 aliphatic rings. The molecule has 0 aromatic heterocycles. The van der Waals surface area contributed by atoms with Gasteiger partial charge in [0.1, 0.15) is 0 Å². The second kappa shape index (κ2) is 4.06. The zero-order valence-corrected chi connectivity index (χ0v) is 8.90. The predicted molar refractivity (Wildman–Crippen MR) is 56.3 cm³/mol. The van der Waals surface area contributed by atoms with Crippen molar-refractivity contribution >= 4 is 11.6 Å². The third-order valence-corrected chi connectivity index (χ3v) is 3.14. The van der Waals surface area contributed by atoms with Crippen LogP contribution < -0.4 is 5.32 Å². The zero-order chi connectivity index (χ0) is 10.9. The molecule has 1 aliphatic heterocycles. The standard InChI is InChI=1S/C11H12ClF2N/c12-10-4-2-1-3-9(10)11(13,14)8-5-6-15-7-8/h1-4,8,15H,5-7H2. The van der Waals surface area contributed by atoms with Crippen LogP contribution in [0.1, 0.15) is 12.0 Å². The van der Waals surface area contributed by atoms with Crippen LogP contribution in [0.5, 0.6) is 0 Å². The van der Waals surface area contributed by atoms with E-state index in [1.54, 1.807) is 12.1 Å². The largest absolute Gasteiger partial charge is 0.316 e. The first-order valence-electron chi connectivity index (χ1n) is 4.96. The SMILES string of the molecule is FC(F)(c1ccccc1Cl)C1CCNC1. The van der Waals surface area contributed by atoms with Gasteiger partial charge in [-0.05, 0) is 19.0 Å². The highest BCUT2D eigenvalue weighted by molar-refractivity contribution is 6.31. The van der Waals surface area contributed by atoms with E-state index >= 15 is 0 Å². The number of alkyl halides is 2. The second-order valence-electron chi connectivity index (χ2n) is 3.79. The third-order valence-electron chi connectivity index (χ3n) is 2.81. The number of benzene rings is 1. The van der Waals surface area contributed by atoms with Gasteiger partial charge >= 0.3 is 0 Å². The van der Waals surface area contributed by atoms with E-state index in [2.05, 4.69) is 5.32 Å². The van der Waals surface area contributed by atoms with Crippen molar-refractivity contribution in [3.8, 4) is 0 Å². The Morgan fingerprint density at radius 1 is 1.33 bits per heavy atom. The van der Waals surface area contributed by atoms with E-state index in [0.29, 0.717) is 19.5 Å². The highest BCUT2D eigenvalue weighted by Gasteiger charge is 2.43. The van der Waals surface area contributed by atoms with Crippen molar-refractivity contribution in [2.24, 2.45) is 5.92 Å². The number of hydrogen-bond donors (Lipinski definition) is 1. The van der Waals surface area contributed by atoms with Gasteiger partial charge in [0.2, 0.25) is 0 Å². The van der Waals surface area contributed by atoms with E-state index in [4.69, 9.17) is 11.6 Å². The Kier molecular flexibility index (Phi) is 2.94. The van der Waals surface area contributed by atoms with Crippen molar-refractivity contribution in [1.29, 1.82) is 0 Å². The Bertz CT molecular complexity index is 348. The molecule has 1 atom stereocenters. The second-order valence-corrected chi connectivity index (χ2v) is 4.20. The Morgan fingerprint density at radius 2 is 2.07 bits per heavy atom. The Hall–Kier alpha value is -0.670. The van der Waals surface area contributed by atoms with Crippen molar-refractivity contribution in [3.05, 3.63) is 34.9 Å². The van der Waals surface area contributed by atoms with Gasteiger partial charge < -0.3 is 5.32 Å². The fourth-order valence-electron chi connectivity index (χ4n) is 1.92. The minimum Gasteiger partial charge on any atom is -0.316 e. The van der Waals surface area contributed by atoms with Gasteiger partial charge in [-0.2, -0.15) is 0 Å². The summed E-state index contributed by atoms with van der Waals surface area (Å²) in [5, 5.41) is 3.09. The van der Waals surface area contributed by atoms with E-state index in [0.717, 1.165) is 0 Å². The summed E-state index contributed by atoms with van der Waals surface area (Å²) in [5.74, 6) is -3.47. The Balaban J connectivity index is 2.31. The summed E-state index contributed by atoms with van der Waals surface area (Å²) in [7, 11) is 0. The molecule has 1 saturated heterocycles. The third kappa shape index (κ3) is 1.99. The Morgan fingerprint density at radius 3 is 2.67 bits per heavy atom. The van der Waals surface area contributed by atoms with E-state index < -0.39 is 11.8 Å². The van der Waals surface area contributed by atoms with Gasteiger partial charge in [-0.3, -0.25) is 0 Å². The summed E-state index contributed by atoms with van der Waals surface area (Å²) >= 11 is 5.79. The minimum atomic E-state index is -2.83. The van der Waals surface area contributed by atoms with Crippen LogP contribution in [0.2, 0.25) is 5.02 Å². The van der Waals surface area contributed by atoms with Crippen LogP contribution in [0.4, 0.5) is 8.78 Å². The first kappa shape index (κ1) is 10.8. The van der Waals surface area contributed by atoms with Crippen LogP contribution >= 0.6 is 11.6 Å². The lowest BCUT2D eigenvalue weighted by Crippen LogP contribution is -2.27. The molecule has 0 bridgehead atoms. The van der Waals surface area contributed by atoms with Gasteiger partial charge in [-0.25, -0.2) is 8.78 Å². The fraction of sp³-hybridized carbons (Fsp3) is 0.455. The lowest BCUT2D eigenvalue weighted by atomic mass is 9.94. The van der Waals surface area contributed by atoms with Gasteiger partial charge in [-0.1, -0.05) is 29.8 Å². The molecule has 0 radical (unpaired) electrons. The Labute approximate surface area is 92.4 Å². The zero-order valence-electron chi connectivity index (χ0n) is 8.14. The van der Waals surface area contributed by atoms with Gasteiger partial charge in [0, 0.05) is 23.0 Å². The maximum atomic E-state index is 14.0. The first-order valence-corrected chi connectivity index (χ1v) is 5.33.